The largest absolute Gasteiger partial charge is 0.373 e. The summed E-state index contributed by atoms with van der Waals surface area (Å²) in [4.78, 5) is 25.2. The predicted octanol–water partition coefficient (Wildman–Crippen LogP) is 4.60. The summed E-state index contributed by atoms with van der Waals surface area (Å²) in [5.41, 5.74) is 4.42. The molecule has 0 saturated heterocycles. The topological polar surface area (TPSA) is 67.8 Å². The second-order valence-electron chi connectivity index (χ2n) is 6.26. The molecule has 0 radical (unpaired) electrons. The maximum atomic E-state index is 11.7. The van der Waals surface area contributed by atoms with Gasteiger partial charge in [0.25, 0.3) is 0 Å². The van der Waals surface area contributed by atoms with Gasteiger partial charge in [0.05, 0.1) is 5.52 Å². The number of nitrogens with zero attached hydrogens (tertiary/aromatic N) is 3. The Balaban J connectivity index is 1.85. The third-order valence-corrected chi connectivity index (χ3v) is 4.45. The third kappa shape index (κ3) is 3.27. The van der Waals surface area contributed by atoms with Crippen molar-refractivity contribution in [2.75, 3.05) is 12.4 Å². The Bertz CT molecular complexity index is 1140. The molecule has 0 aliphatic heterocycles. The molecular formula is C22H18N4O. The van der Waals surface area contributed by atoms with Gasteiger partial charge in [-0.1, -0.05) is 24.3 Å². The van der Waals surface area contributed by atoms with Gasteiger partial charge in [-0.05, 0) is 48.4 Å². The minimum atomic E-state index is 0.0537. The van der Waals surface area contributed by atoms with Gasteiger partial charge in [-0.15, -0.1) is 0 Å². The molecule has 1 N–H and O–H groups in total. The Morgan fingerprint density at radius 2 is 1.74 bits per heavy atom. The van der Waals surface area contributed by atoms with Crippen LogP contribution in [0.5, 0.6) is 0 Å². The van der Waals surface area contributed by atoms with Gasteiger partial charge in [0.2, 0.25) is 0 Å². The van der Waals surface area contributed by atoms with Crippen LogP contribution in [0.3, 0.4) is 0 Å². The van der Waals surface area contributed by atoms with Crippen molar-refractivity contribution in [2.24, 2.45) is 0 Å². The summed E-state index contributed by atoms with van der Waals surface area (Å²) in [5, 5.41) is 4.09. The number of rotatable bonds is 4. The van der Waals surface area contributed by atoms with Gasteiger partial charge in [0.1, 0.15) is 5.82 Å². The van der Waals surface area contributed by atoms with E-state index in [4.69, 9.17) is 0 Å². The molecule has 0 spiro atoms. The summed E-state index contributed by atoms with van der Waals surface area (Å²) < 4.78 is 0. The number of Topliss-reactive ketones (excluding diaryl/α,β-unsaturated/α-hetero) is 1. The Morgan fingerprint density at radius 3 is 2.48 bits per heavy atom. The maximum Gasteiger partial charge on any atom is 0.163 e. The van der Waals surface area contributed by atoms with Crippen LogP contribution in [0.2, 0.25) is 0 Å². The number of benzene rings is 2. The molecule has 2 aromatic carbocycles. The number of hydrogen-bond acceptors (Lipinski definition) is 5. The Labute approximate surface area is 157 Å². The van der Waals surface area contributed by atoms with Crippen molar-refractivity contribution < 1.29 is 4.79 Å². The smallest absolute Gasteiger partial charge is 0.163 e. The molecule has 0 aliphatic carbocycles. The molecule has 2 heterocycles. The summed E-state index contributed by atoms with van der Waals surface area (Å²) in [6, 6.07) is 17.5. The van der Waals surface area contributed by atoms with Gasteiger partial charge < -0.3 is 5.32 Å². The summed E-state index contributed by atoms with van der Waals surface area (Å²) in [6.07, 6.45) is 3.48. The van der Waals surface area contributed by atoms with E-state index >= 15 is 0 Å². The van der Waals surface area contributed by atoms with E-state index in [0.29, 0.717) is 11.4 Å². The number of ketones is 1. The molecule has 27 heavy (non-hydrogen) atoms. The molecule has 0 unspecified atom stereocenters. The second-order valence-corrected chi connectivity index (χ2v) is 6.26. The number of aromatic nitrogens is 3. The zero-order valence-corrected chi connectivity index (χ0v) is 15.1. The lowest BCUT2D eigenvalue weighted by atomic mass is 10.00. The average Bonchev–Trinajstić information content (AvgIpc) is 2.73. The molecule has 5 nitrogen and oxygen atoms in total. The summed E-state index contributed by atoms with van der Waals surface area (Å²) in [7, 11) is 1.85. The highest BCUT2D eigenvalue weighted by molar-refractivity contribution is 5.97. The Hall–Kier alpha value is -3.60. The van der Waals surface area contributed by atoms with Gasteiger partial charge in [-0.25, -0.2) is 9.97 Å². The van der Waals surface area contributed by atoms with E-state index in [2.05, 4.69) is 20.3 Å². The van der Waals surface area contributed by atoms with Gasteiger partial charge in [-0.2, -0.15) is 0 Å². The van der Waals surface area contributed by atoms with Crippen LogP contribution in [0.1, 0.15) is 17.3 Å². The molecule has 4 aromatic rings. The van der Waals surface area contributed by atoms with Crippen LogP contribution in [0, 0.1) is 0 Å². The Morgan fingerprint density at radius 1 is 0.926 bits per heavy atom. The highest BCUT2D eigenvalue weighted by atomic mass is 16.1. The molecule has 0 saturated carbocycles. The van der Waals surface area contributed by atoms with Gasteiger partial charge in [-0.3, -0.25) is 9.78 Å². The molecule has 132 valence electrons. The van der Waals surface area contributed by atoms with Crippen LogP contribution in [-0.2, 0) is 0 Å². The fraction of sp³-hybridized carbons (Fsp3) is 0.0909. The number of fused-ring (bicyclic) bond motifs is 1. The van der Waals surface area contributed by atoms with Crippen molar-refractivity contribution in [3.63, 3.8) is 0 Å². The Kier molecular flexibility index (Phi) is 4.34. The maximum absolute atomic E-state index is 11.7. The van der Waals surface area contributed by atoms with Gasteiger partial charge in [0, 0.05) is 36.0 Å². The quantitative estimate of drug-likeness (QED) is 0.542. The third-order valence-electron chi connectivity index (χ3n) is 4.45. The summed E-state index contributed by atoms with van der Waals surface area (Å²) in [6.45, 7) is 1.58. The molecule has 0 amide bonds. The highest BCUT2D eigenvalue weighted by Crippen LogP contribution is 2.29. The number of nitrogens with one attached hydrogen (secondary N) is 1. The average molecular weight is 354 g/mol. The molecule has 0 fully saturated rings. The minimum Gasteiger partial charge on any atom is -0.373 e. The first-order valence-electron chi connectivity index (χ1n) is 8.67. The standard InChI is InChI=1S/C22H18N4O/c1-14(27)15-5-3-6-16(11-15)17-8-9-20-19(12-17)22(23-2)26-21(25-20)18-7-4-10-24-13-18/h3-13H,1-2H3,(H,23,25,26). The fourth-order valence-electron chi connectivity index (χ4n) is 3.04. The van der Waals surface area contributed by atoms with Crippen LogP contribution >= 0.6 is 0 Å². The van der Waals surface area contributed by atoms with E-state index in [1.165, 1.54) is 0 Å². The van der Waals surface area contributed by atoms with Crippen molar-refractivity contribution in [3.05, 3.63) is 72.6 Å². The normalized spacial score (nSPS) is 10.7. The van der Waals surface area contributed by atoms with E-state index in [0.717, 1.165) is 33.4 Å². The van der Waals surface area contributed by atoms with Crippen LogP contribution in [0.4, 0.5) is 5.82 Å². The lowest BCUT2D eigenvalue weighted by Crippen LogP contribution is -1.99. The highest BCUT2D eigenvalue weighted by Gasteiger charge is 2.11. The first-order chi connectivity index (χ1) is 13.2. The molecule has 0 aliphatic rings. The van der Waals surface area contributed by atoms with Crippen LogP contribution in [-0.4, -0.2) is 27.8 Å². The number of pyridine rings is 1. The van der Waals surface area contributed by atoms with Crippen LogP contribution in [0.25, 0.3) is 33.4 Å². The van der Waals surface area contributed by atoms with E-state index in [9.17, 15) is 4.79 Å². The fourth-order valence-corrected chi connectivity index (χ4v) is 3.04. The SMILES string of the molecule is CNc1nc(-c2cccnc2)nc2ccc(-c3cccc(C(C)=O)c3)cc12. The molecule has 0 atom stereocenters. The zero-order chi connectivity index (χ0) is 18.8. The van der Waals surface area contributed by atoms with Crippen molar-refractivity contribution >= 4 is 22.5 Å². The first-order valence-corrected chi connectivity index (χ1v) is 8.67. The number of carbonyl (C=O) groups is 1. The van der Waals surface area contributed by atoms with Gasteiger partial charge >= 0.3 is 0 Å². The van der Waals surface area contributed by atoms with Crippen molar-refractivity contribution in [1.82, 2.24) is 15.0 Å². The molecular weight excluding hydrogens is 336 g/mol. The molecule has 4 rings (SSSR count). The lowest BCUT2D eigenvalue weighted by molar-refractivity contribution is 0.101. The van der Waals surface area contributed by atoms with E-state index < -0.39 is 0 Å². The van der Waals surface area contributed by atoms with Gasteiger partial charge in [0.15, 0.2) is 11.6 Å². The van der Waals surface area contributed by atoms with Crippen LogP contribution in [0.15, 0.2) is 67.0 Å². The van der Waals surface area contributed by atoms with Crippen LogP contribution < -0.4 is 5.32 Å². The van der Waals surface area contributed by atoms with Crippen molar-refractivity contribution in [3.8, 4) is 22.5 Å². The molecule has 2 aromatic heterocycles. The van der Waals surface area contributed by atoms with Crippen molar-refractivity contribution in [2.45, 2.75) is 6.92 Å². The zero-order valence-electron chi connectivity index (χ0n) is 15.1. The second kappa shape index (κ2) is 6.96. The van der Waals surface area contributed by atoms with E-state index in [1.54, 1.807) is 19.3 Å². The number of anilines is 1. The predicted molar refractivity (Wildman–Crippen MR) is 108 cm³/mol. The summed E-state index contributed by atoms with van der Waals surface area (Å²) in [5.74, 6) is 1.44. The lowest BCUT2D eigenvalue weighted by Gasteiger charge is -2.10. The van der Waals surface area contributed by atoms with E-state index in [1.807, 2.05) is 61.6 Å². The summed E-state index contributed by atoms with van der Waals surface area (Å²) >= 11 is 0. The number of hydrogen-bond donors (Lipinski definition) is 1. The monoisotopic (exact) mass is 354 g/mol. The molecule has 0 bridgehead atoms. The molecule has 5 heteroatoms. The number of carbonyl (C=O) groups excluding carboxylic acids is 1. The van der Waals surface area contributed by atoms with Crippen molar-refractivity contribution in [1.29, 1.82) is 0 Å². The minimum absolute atomic E-state index is 0.0537. The van der Waals surface area contributed by atoms with E-state index in [-0.39, 0.29) is 5.78 Å². The first kappa shape index (κ1) is 16.8.